The van der Waals surface area contributed by atoms with Crippen LogP contribution in [0, 0.1) is 0 Å². The number of hydrogen-bond donors (Lipinski definition) is 0. The minimum Gasteiger partial charge on any atom is -0.780 e. The first-order valence-corrected chi connectivity index (χ1v) is 10.9. The molecule has 0 aliphatic heterocycles. The maximum Gasteiger partial charge on any atom is 1.00 e. The minimum absolute atomic E-state index is 0. The molecule has 0 aromatic rings. The largest absolute Gasteiger partial charge is 1.00 e. The average molecular weight is 392 g/mol. The molecule has 0 aliphatic rings. The van der Waals surface area contributed by atoms with Gasteiger partial charge in [-0.1, -0.05) is 90.4 Å². The van der Waals surface area contributed by atoms with Crippen molar-refractivity contribution in [1.82, 2.24) is 0 Å². The molecule has 0 fully saturated rings. The van der Waals surface area contributed by atoms with Crippen molar-refractivity contribution in [3.05, 3.63) is 12.3 Å². The van der Waals surface area contributed by atoms with Gasteiger partial charge >= 0.3 is 59.1 Å². The molecule has 7 heteroatoms. The number of rotatable bonds is 17. The van der Waals surface area contributed by atoms with E-state index in [1.54, 1.807) is 6.08 Å². The standard InChI is InChI=1S/C18H37O4P.2Na/c1-2-3-4-5-6-7-8-9-10-11-12-13-14-15-16-17-18-22-23(19,20)21;;/h17-18H,2-16H2,1H3,(H2,19,20,21);;/q;2*+1/p-2/b18-17+;;. The molecule has 0 unspecified atom stereocenters. The summed E-state index contributed by atoms with van der Waals surface area (Å²) in [5.41, 5.74) is 0. The minimum atomic E-state index is -4.84. The van der Waals surface area contributed by atoms with E-state index < -0.39 is 7.82 Å². The molecule has 0 amide bonds. The van der Waals surface area contributed by atoms with Crippen LogP contribution >= 0.6 is 7.82 Å². The zero-order valence-electron chi connectivity index (χ0n) is 16.8. The number of unbranched alkanes of at least 4 members (excludes halogenated alkanes) is 14. The van der Waals surface area contributed by atoms with Gasteiger partial charge in [0.2, 0.25) is 0 Å². The molecule has 138 valence electrons. The Kier molecular flexibility index (Phi) is 29.8. The molecule has 0 aromatic heterocycles. The summed E-state index contributed by atoms with van der Waals surface area (Å²) in [6.07, 6.45) is 21.8. The average Bonchev–Trinajstić information content (AvgIpc) is 2.49. The number of allylic oxidation sites excluding steroid dienone is 1. The van der Waals surface area contributed by atoms with Crippen molar-refractivity contribution in [2.75, 3.05) is 0 Å². The fourth-order valence-corrected chi connectivity index (χ4v) is 2.88. The first-order chi connectivity index (χ1) is 11.1. The van der Waals surface area contributed by atoms with Crippen LogP contribution < -0.4 is 68.9 Å². The third kappa shape index (κ3) is 30.6. The van der Waals surface area contributed by atoms with E-state index in [1.165, 1.54) is 77.0 Å². The Bertz CT molecular complexity index is 322. The van der Waals surface area contributed by atoms with E-state index in [9.17, 15) is 14.4 Å². The molecule has 0 aromatic carbocycles. The summed E-state index contributed by atoms with van der Waals surface area (Å²) in [5.74, 6) is 0. The predicted octanol–water partition coefficient (Wildman–Crippen LogP) is -0.775. The van der Waals surface area contributed by atoms with Crippen molar-refractivity contribution >= 4 is 7.82 Å². The third-order valence-corrected chi connectivity index (χ3v) is 4.39. The van der Waals surface area contributed by atoms with Crippen LogP contribution in [-0.2, 0) is 9.09 Å². The molecule has 0 heterocycles. The SMILES string of the molecule is CCCCCCCCCCCCCCCC/C=C/OP(=O)([O-])[O-].[Na+].[Na+]. The van der Waals surface area contributed by atoms with Crippen LogP contribution in [0.1, 0.15) is 103 Å². The molecular formula is C18H35Na2O4P. The second kappa shape index (κ2) is 23.7. The summed E-state index contributed by atoms with van der Waals surface area (Å²) >= 11 is 0. The van der Waals surface area contributed by atoms with Crippen molar-refractivity contribution < 1.29 is 78.0 Å². The zero-order valence-corrected chi connectivity index (χ0v) is 21.7. The number of hydrogen-bond acceptors (Lipinski definition) is 4. The topological polar surface area (TPSA) is 72.4 Å². The van der Waals surface area contributed by atoms with Gasteiger partial charge in [-0.05, 0) is 18.9 Å². The second-order valence-electron chi connectivity index (χ2n) is 6.31. The Morgan fingerprint density at radius 3 is 1.44 bits per heavy atom. The van der Waals surface area contributed by atoms with E-state index >= 15 is 0 Å². The van der Waals surface area contributed by atoms with E-state index in [0.717, 1.165) is 25.5 Å². The van der Waals surface area contributed by atoms with E-state index in [1.807, 2.05) is 0 Å². The molecule has 0 spiro atoms. The molecule has 0 saturated heterocycles. The quantitative estimate of drug-likeness (QED) is 0.141. The monoisotopic (exact) mass is 392 g/mol. The van der Waals surface area contributed by atoms with Gasteiger partial charge in [0.1, 0.15) is 7.82 Å². The normalized spacial score (nSPS) is 11.2. The molecular weight excluding hydrogens is 357 g/mol. The summed E-state index contributed by atoms with van der Waals surface area (Å²) < 4.78 is 14.2. The van der Waals surface area contributed by atoms with Crippen molar-refractivity contribution in [3.63, 3.8) is 0 Å². The fourth-order valence-electron chi connectivity index (χ4n) is 2.64. The van der Waals surface area contributed by atoms with Gasteiger partial charge in [0, 0.05) is 0 Å². The summed E-state index contributed by atoms with van der Waals surface area (Å²) in [4.78, 5) is 20.4. The van der Waals surface area contributed by atoms with Gasteiger partial charge in [-0.25, -0.2) is 0 Å². The zero-order chi connectivity index (χ0) is 17.2. The van der Waals surface area contributed by atoms with E-state index in [4.69, 9.17) is 0 Å². The van der Waals surface area contributed by atoms with Gasteiger partial charge in [0.25, 0.3) is 0 Å². The maximum atomic E-state index is 10.2. The Balaban J connectivity index is -0.00000242. The molecule has 0 atom stereocenters. The molecule has 0 saturated carbocycles. The Hall–Kier alpha value is 1.69. The van der Waals surface area contributed by atoms with Crippen LogP contribution in [0.5, 0.6) is 0 Å². The number of phosphoric ester groups is 1. The molecule has 0 bridgehead atoms. The van der Waals surface area contributed by atoms with Crippen LogP contribution in [0.25, 0.3) is 0 Å². The number of phosphoric acid groups is 1. The van der Waals surface area contributed by atoms with Crippen LogP contribution in [0.15, 0.2) is 12.3 Å². The van der Waals surface area contributed by atoms with E-state index in [2.05, 4.69) is 11.4 Å². The van der Waals surface area contributed by atoms with Crippen molar-refractivity contribution in [2.24, 2.45) is 0 Å². The Morgan fingerprint density at radius 1 is 0.720 bits per heavy atom. The van der Waals surface area contributed by atoms with Gasteiger partial charge in [-0.3, -0.25) is 0 Å². The predicted molar refractivity (Wildman–Crippen MR) is 92.8 cm³/mol. The fraction of sp³-hybridized carbons (Fsp3) is 0.889. The van der Waals surface area contributed by atoms with E-state index in [-0.39, 0.29) is 59.1 Å². The summed E-state index contributed by atoms with van der Waals surface area (Å²) in [6.45, 7) is 2.26. The smallest absolute Gasteiger partial charge is 0.780 e. The first kappa shape index (κ1) is 31.4. The summed E-state index contributed by atoms with van der Waals surface area (Å²) in [5, 5.41) is 0. The van der Waals surface area contributed by atoms with Gasteiger partial charge < -0.3 is 18.9 Å². The van der Waals surface area contributed by atoms with Crippen LogP contribution in [-0.4, -0.2) is 0 Å². The van der Waals surface area contributed by atoms with Crippen LogP contribution in [0.3, 0.4) is 0 Å². The molecule has 0 rings (SSSR count). The van der Waals surface area contributed by atoms with Gasteiger partial charge in [0.15, 0.2) is 0 Å². The van der Waals surface area contributed by atoms with Gasteiger partial charge in [-0.2, -0.15) is 0 Å². The Morgan fingerprint density at radius 2 is 1.08 bits per heavy atom. The van der Waals surface area contributed by atoms with Crippen LogP contribution in [0.2, 0.25) is 0 Å². The van der Waals surface area contributed by atoms with Crippen molar-refractivity contribution in [3.8, 4) is 0 Å². The summed E-state index contributed by atoms with van der Waals surface area (Å²) in [7, 11) is -4.84. The molecule has 0 N–H and O–H groups in total. The molecule has 4 nitrogen and oxygen atoms in total. The molecule has 0 radical (unpaired) electrons. The summed E-state index contributed by atoms with van der Waals surface area (Å²) in [6, 6.07) is 0. The Labute approximate surface area is 199 Å². The van der Waals surface area contributed by atoms with Crippen molar-refractivity contribution in [2.45, 2.75) is 103 Å². The second-order valence-corrected chi connectivity index (χ2v) is 7.41. The van der Waals surface area contributed by atoms with Crippen molar-refractivity contribution in [1.29, 1.82) is 0 Å². The van der Waals surface area contributed by atoms with Crippen LogP contribution in [0.4, 0.5) is 0 Å². The van der Waals surface area contributed by atoms with Gasteiger partial charge in [0.05, 0.1) is 6.26 Å². The maximum absolute atomic E-state index is 10.2. The van der Waals surface area contributed by atoms with E-state index in [0.29, 0.717) is 0 Å². The van der Waals surface area contributed by atoms with Gasteiger partial charge in [-0.15, -0.1) is 0 Å². The third-order valence-electron chi connectivity index (χ3n) is 4.01. The first-order valence-electron chi connectivity index (χ1n) is 9.41. The molecule has 25 heavy (non-hydrogen) atoms. The molecule has 0 aliphatic carbocycles.